The smallest absolute Gasteiger partial charge is 0.326 e. The molecule has 2 heterocycles. The predicted molar refractivity (Wildman–Crippen MR) is 123 cm³/mol. The van der Waals surface area contributed by atoms with Crippen LogP contribution in [0.4, 0.5) is 5.69 Å². The monoisotopic (exact) mass is 458 g/mol. The molecular formula is C24H30N2O5S. The van der Waals surface area contributed by atoms with Crippen LogP contribution < -0.4 is 9.64 Å². The summed E-state index contributed by atoms with van der Waals surface area (Å²) in [4.78, 5) is 31.8. The first-order chi connectivity index (χ1) is 15.4. The Hall–Kier alpha value is -2.45. The van der Waals surface area contributed by atoms with Crippen molar-refractivity contribution in [2.75, 3.05) is 25.2 Å². The third-order valence-electron chi connectivity index (χ3n) is 6.08. The summed E-state index contributed by atoms with van der Waals surface area (Å²) >= 11 is 1.58. The van der Waals surface area contributed by atoms with Gasteiger partial charge in [0.1, 0.15) is 18.4 Å². The average Bonchev–Trinajstić information content (AvgIpc) is 3.26. The van der Waals surface area contributed by atoms with Gasteiger partial charge in [-0.05, 0) is 56.7 Å². The Morgan fingerprint density at radius 3 is 2.78 bits per heavy atom. The van der Waals surface area contributed by atoms with Gasteiger partial charge in [-0.3, -0.25) is 14.5 Å². The lowest BCUT2D eigenvalue weighted by molar-refractivity contribution is -0.150. The van der Waals surface area contributed by atoms with Crippen molar-refractivity contribution in [2.24, 2.45) is 5.92 Å². The standard InChI is InChI=1S/C24H30N2O5S/c1-15-4-7-18(8-5-15)31-23(27)13-26-20-12-17(6-9-21(20)30-16(2)24(26)28)19-14-32-22(25-19)10-11-29-3/h6,9,12,14-16,18H,4-5,7-8,10-11,13H2,1-3H3. The highest BCUT2D eigenvalue weighted by Gasteiger charge is 2.34. The van der Waals surface area contributed by atoms with Gasteiger partial charge in [0.05, 0.1) is 23.0 Å². The number of anilines is 1. The van der Waals surface area contributed by atoms with Gasteiger partial charge >= 0.3 is 5.97 Å². The van der Waals surface area contributed by atoms with Crippen LogP contribution in [0.2, 0.25) is 0 Å². The maximum atomic E-state index is 12.9. The van der Waals surface area contributed by atoms with Gasteiger partial charge in [0.15, 0.2) is 6.10 Å². The first kappa shape index (κ1) is 22.7. The normalized spacial score (nSPS) is 22.9. The van der Waals surface area contributed by atoms with Crippen LogP contribution in [-0.4, -0.2) is 49.3 Å². The third kappa shape index (κ3) is 5.13. The number of benzene rings is 1. The summed E-state index contributed by atoms with van der Waals surface area (Å²) in [5.74, 6) is 0.634. The number of amides is 1. The van der Waals surface area contributed by atoms with E-state index >= 15 is 0 Å². The number of carbonyl (C=O) groups excluding carboxylic acids is 2. The second kappa shape index (κ2) is 10.0. The van der Waals surface area contributed by atoms with Crippen LogP contribution in [0.3, 0.4) is 0 Å². The molecule has 8 heteroatoms. The summed E-state index contributed by atoms with van der Waals surface area (Å²) in [6, 6.07) is 5.63. The van der Waals surface area contributed by atoms with Crippen molar-refractivity contribution < 1.29 is 23.8 Å². The molecule has 2 aromatic rings. The Balaban J connectivity index is 1.52. The zero-order valence-electron chi connectivity index (χ0n) is 18.8. The molecule has 0 bridgehead atoms. The highest BCUT2D eigenvalue weighted by atomic mass is 32.1. The summed E-state index contributed by atoms with van der Waals surface area (Å²) in [5, 5.41) is 2.98. The van der Waals surface area contributed by atoms with Crippen LogP contribution in [0.15, 0.2) is 23.6 Å². The van der Waals surface area contributed by atoms with Crippen molar-refractivity contribution in [3.05, 3.63) is 28.6 Å². The van der Waals surface area contributed by atoms with Crippen molar-refractivity contribution in [2.45, 2.75) is 58.2 Å². The van der Waals surface area contributed by atoms with Gasteiger partial charge in [-0.1, -0.05) is 6.92 Å². The number of esters is 1. The lowest BCUT2D eigenvalue weighted by atomic mass is 9.89. The zero-order valence-corrected chi connectivity index (χ0v) is 19.7. The van der Waals surface area contributed by atoms with E-state index in [1.54, 1.807) is 25.4 Å². The number of thiazole rings is 1. The first-order valence-corrected chi connectivity index (χ1v) is 12.1. The van der Waals surface area contributed by atoms with Gasteiger partial charge in [-0.15, -0.1) is 11.3 Å². The minimum Gasteiger partial charge on any atom is -0.479 e. The molecule has 0 saturated heterocycles. The fourth-order valence-electron chi connectivity index (χ4n) is 4.18. The summed E-state index contributed by atoms with van der Waals surface area (Å²) in [7, 11) is 1.67. The van der Waals surface area contributed by atoms with Crippen LogP contribution in [0.25, 0.3) is 11.3 Å². The fourth-order valence-corrected chi connectivity index (χ4v) is 4.97. The van der Waals surface area contributed by atoms with E-state index in [-0.39, 0.29) is 24.5 Å². The Morgan fingerprint density at radius 2 is 2.03 bits per heavy atom. The van der Waals surface area contributed by atoms with Crippen LogP contribution in [0, 0.1) is 5.92 Å². The molecule has 0 N–H and O–H groups in total. The number of rotatable bonds is 7. The number of aromatic nitrogens is 1. The quantitative estimate of drug-likeness (QED) is 0.578. The highest BCUT2D eigenvalue weighted by molar-refractivity contribution is 7.09. The van der Waals surface area contributed by atoms with Crippen molar-refractivity contribution in [1.29, 1.82) is 0 Å². The van der Waals surface area contributed by atoms with Crippen LogP contribution in [0.1, 0.15) is 44.5 Å². The maximum Gasteiger partial charge on any atom is 0.326 e. The number of nitrogens with zero attached hydrogens (tertiary/aromatic N) is 2. The molecule has 0 spiro atoms. The Morgan fingerprint density at radius 1 is 1.25 bits per heavy atom. The van der Waals surface area contributed by atoms with Gasteiger partial charge in [-0.2, -0.15) is 0 Å². The topological polar surface area (TPSA) is 78.0 Å². The third-order valence-corrected chi connectivity index (χ3v) is 6.99. The molecule has 2 aliphatic rings. The summed E-state index contributed by atoms with van der Waals surface area (Å²) in [5.41, 5.74) is 2.27. The van der Waals surface area contributed by atoms with Gasteiger partial charge in [-0.25, -0.2) is 4.98 Å². The molecule has 7 nitrogen and oxygen atoms in total. The molecule has 1 fully saturated rings. The van der Waals surface area contributed by atoms with Crippen molar-refractivity contribution in [1.82, 2.24) is 4.98 Å². The lowest BCUT2D eigenvalue weighted by Gasteiger charge is -2.33. The Kier molecular flexibility index (Phi) is 7.10. The second-order valence-electron chi connectivity index (χ2n) is 8.61. The molecule has 172 valence electrons. The molecule has 1 aromatic heterocycles. The second-order valence-corrected chi connectivity index (χ2v) is 9.55. The van der Waals surface area contributed by atoms with E-state index in [2.05, 4.69) is 11.9 Å². The largest absolute Gasteiger partial charge is 0.479 e. The number of hydrogen-bond acceptors (Lipinski definition) is 7. The van der Waals surface area contributed by atoms with Crippen LogP contribution >= 0.6 is 11.3 Å². The summed E-state index contributed by atoms with van der Waals surface area (Å²) < 4.78 is 16.6. The van der Waals surface area contributed by atoms with Crippen LogP contribution in [-0.2, 0) is 25.5 Å². The van der Waals surface area contributed by atoms with E-state index in [1.807, 2.05) is 23.6 Å². The molecule has 0 radical (unpaired) electrons. The molecule has 4 rings (SSSR count). The molecule has 1 aliphatic carbocycles. The minimum atomic E-state index is -0.656. The van der Waals surface area contributed by atoms with E-state index in [9.17, 15) is 9.59 Å². The molecular weight excluding hydrogens is 428 g/mol. The van der Waals surface area contributed by atoms with Crippen molar-refractivity contribution in [3.63, 3.8) is 0 Å². The predicted octanol–water partition coefficient (Wildman–Crippen LogP) is 4.23. The number of carbonyl (C=O) groups is 2. The Labute approximate surface area is 192 Å². The summed E-state index contributed by atoms with van der Waals surface area (Å²) in [6.07, 6.45) is 3.95. The molecule has 1 atom stereocenters. The minimum absolute atomic E-state index is 0.0569. The first-order valence-electron chi connectivity index (χ1n) is 11.2. The average molecular weight is 459 g/mol. The Bertz CT molecular complexity index is 967. The van der Waals surface area contributed by atoms with E-state index in [4.69, 9.17) is 14.2 Å². The SMILES string of the molecule is COCCc1nc(-c2ccc3c(c2)N(CC(=O)OC2CCC(C)CC2)C(=O)C(C)O3)cs1. The van der Waals surface area contributed by atoms with Gasteiger partial charge in [0, 0.05) is 24.5 Å². The molecule has 1 aromatic carbocycles. The van der Waals surface area contributed by atoms with Crippen LogP contribution in [0.5, 0.6) is 5.75 Å². The van der Waals surface area contributed by atoms with E-state index in [1.165, 1.54) is 4.90 Å². The molecule has 1 saturated carbocycles. The van der Waals surface area contributed by atoms with Gasteiger partial charge < -0.3 is 14.2 Å². The number of methoxy groups -OCH3 is 1. The van der Waals surface area contributed by atoms with Crippen molar-refractivity contribution >= 4 is 28.9 Å². The van der Waals surface area contributed by atoms with Crippen molar-refractivity contribution in [3.8, 4) is 17.0 Å². The molecule has 1 unspecified atom stereocenters. The fraction of sp³-hybridized carbons (Fsp3) is 0.542. The molecule has 1 aliphatic heterocycles. The summed E-state index contributed by atoms with van der Waals surface area (Å²) in [6.45, 7) is 4.42. The van der Waals surface area contributed by atoms with Gasteiger partial charge in [0.2, 0.25) is 0 Å². The van der Waals surface area contributed by atoms with E-state index in [0.717, 1.165) is 48.4 Å². The lowest BCUT2D eigenvalue weighted by Crippen LogP contribution is -2.47. The molecule has 1 amide bonds. The number of hydrogen-bond donors (Lipinski definition) is 0. The number of fused-ring (bicyclic) bond motifs is 1. The zero-order chi connectivity index (χ0) is 22.7. The van der Waals surface area contributed by atoms with E-state index < -0.39 is 6.10 Å². The van der Waals surface area contributed by atoms with Gasteiger partial charge in [0.25, 0.3) is 5.91 Å². The maximum absolute atomic E-state index is 12.9. The highest BCUT2D eigenvalue weighted by Crippen LogP contribution is 2.38. The number of ether oxygens (including phenoxy) is 3. The van der Waals surface area contributed by atoms with E-state index in [0.29, 0.717) is 24.0 Å². The molecule has 32 heavy (non-hydrogen) atoms.